The molecule has 1 aromatic heterocycles. The predicted octanol–water partition coefficient (Wildman–Crippen LogP) is 2.75. The lowest BCUT2D eigenvalue weighted by atomic mass is 10.1. The molecule has 1 atom stereocenters. The fourth-order valence-electron chi connectivity index (χ4n) is 2.21. The lowest BCUT2D eigenvalue weighted by Crippen LogP contribution is -2.39. The molecule has 5 heteroatoms. The molecular formula is C18H25N3OS. The SMILES string of the molecule is CCNC(=NCC(C)(O)c1cccs1)NCCc1ccccc1. The minimum absolute atomic E-state index is 0.328. The van der Waals surface area contributed by atoms with Gasteiger partial charge in [-0.2, -0.15) is 0 Å². The molecule has 1 unspecified atom stereocenters. The highest BCUT2D eigenvalue weighted by atomic mass is 32.1. The van der Waals surface area contributed by atoms with Gasteiger partial charge in [-0.1, -0.05) is 36.4 Å². The summed E-state index contributed by atoms with van der Waals surface area (Å²) in [5.41, 5.74) is 0.358. The van der Waals surface area contributed by atoms with Crippen molar-refractivity contribution in [3.05, 3.63) is 58.3 Å². The largest absolute Gasteiger partial charge is 0.383 e. The fraction of sp³-hybridized carbons (Fsp3) is 0.389. The zero-order valence-corrected chi connectivity index (χ0v) is 14.6. The summed E-state index contributed by atoms with van der Waals surface area (Å²) in [4.78, 5) is 5.46. The van der Waals surface area contributed by atoms with Crippen molar-refractivity contribution in [2.75, 3.05) is 19.6 Å². The van der Waals surface area contributed by atoms with E-state index in [4.69, 9.17) is 0 Å². The first-order valence-corrected chi connectivity index (χ1v) is 8.82. The summed E-state index contributed by atoms with van der Waals surface area (Å²) < 4.78 is 0. The summed E-state index contributed by atoms with van der Waals surface area (Å²) in [6.07, 6.45) is 0.937. The molecule has 0 saturated heterocycles. The Balaban J connectivity index is 1.89. The molecule has 0 aliphatic heterocycles. The van der Waals surface area contributed by atoms with Crippen LogP contribution in [0.2, 0.25) is 0 Å². The van der Waals surface area contributed by atoms with Crippen LogP contribution in [0.1, 0.15) is 24.3 Å². The molecule has 0 amide bonds. The van der Waals surface area contributed by atoms with Crippen molar-refractivity contribution in [2.24, 2.45) is 4.99 Å². The molecule has 0 radical (unpaired) electrons. The molecule has 0 bridgehead atoms. The van der Waals surface area contributed by atoms with Gasteiger partial charge in [-0.05, 0) is 37.3 Å². The number of guanidine groups is 1. The molecule has 2 aromatic rings. The second-order valence-corrected chi connectivity index (χ2v) is 6.56. The molecule has 0 spiro atoms. The number of thiophene rings is 1. The number of nitrogens with zero attached hydrogens (tertiary/aromatic N) is 1. The number of benzene rings is 1. The highest BCUT2D eigenvalue weighted by molar-refractivity contribution is 7.10. The van der Waals surface area contributed by atoms with Crippen molar-refractivity contribution in [3.8, 4) is 0 Å². The predicted molar refractivity (Wildman–Crippen MR) is 98.0 cm³/mol. The number of hydrogen-bond acceptors (Lipinski definition) is 3. The van der Waals surface area contributed by atoms with E-state index in [0.29, 0.717) is 6.54 Å². The first kappa shape index (κ1) is 17.5. The Bertz CT molecular complexity index is 594. The van der Waals surface area contributed by atoms with Crippen molar-refractivity contribution in [3.63, 3.8) is 0 Å². The standard InChI is InChI=1S/C18H25N3OS/c1-3-19-17(20-12-11-15-8-5-4-6-9-15)21-14-18(2,22)16-10-7-13-23-16/h4-10,13,22H,3,11-12,14H2,1-2H3,(H2,19,20,21). The molecule has 1 aromatic carbocycles. The summed E-state index contributed by atoms with van der Waals surface area (Å²) in [6, 6.07) is 14.2. The van der Waals surface area contributed by atoms with Gasteiger partial charge in [0.15, 0.2) is 5.96 Å². The lowest BCUT2D eigenvalue weighted by Gasteiger charge is -2.20. The van der Waals surface area contributed by atoms with E-state index >= 15 is 0 Å². The number of rotatable bonds is 7. The average molecular weight is 331 g/mol. The van der Waals surface area contributed by atoms with Gasteiger partial charge in [-0.15, -0.1) is 11.3 Å². The topological polar surface area (TPSA) is 56.7 Å². The minimum Gasteiger partial charge on any atom is -0.383 e. The molecule has 124 valence electrons. The van der Waals surface area contributed by atoms with Crippen LogP contribution in [-0.4, -0.2) is 30.7 Å². The van der Waals surface area contributed by atoms with Gasteiger partial charge < -0.3 is 15.7 Å². The monoisotopic (exact) mass is 331 g/mol. The third-order valence-corrected chi connectivity index (χ3v) is 4.61. The maximum absolute atomic E-state index is 10.5. The fourth-order valence-corrected chi connectivity index (χ4v) is 2.99. The van der Waals surface area contributed by atoms with Crippen molar-refractivity contribution in [1.29, 1.82) is 0 Å². The Labute approximate surface area is 142 Å². The van der Waals surface area contributed by atoms with Crippen LogP contribution in [0.15, 0.2) is 52.8 Å². The third-order valence-electron chi connectivity index (χ3n) is 3.49. The number of aliphatic hydroxyl groups is 1. The smallest absolute Gasteiger partial charge is 0.191 e. The zero-order valence-electron chi connectivity index (χ0n) is 13.7. The normalized spacial score (nSPS) is 14.3. The summed E-state index contributed by atoms with van der Waals surface area (Å²) >= 11 is 1.55. The van der Waals surface area contributed by atoms with Crippen LogP contribution in [0, 0.1) is 0 Å². The lowest BCUT2D eigenvalue weighted by molar-refractivity contribution is 0.0711. The second kappa shape index (κ2) is 8.70. The van der Waals surface area contributed by atoms with Crippen LogP contribution in [0.4, 0.5) is 0 Å². The number of aliphatic imine (C=N–C) groups is 1. The van der Waals surface area contributed by atoms with Crippen LogP contribution < -0.4 is 10.6 Å². The van der Waals surface area contributed by atoms with Gasteiger partial charge in [0, 0.05) is 18.0 Å². The van der Waals surface area contributed by atoms with Crippen molar-refractivity contribution >= 4 is 17.3 Å². The van der Waals surface area contributed by atoms with Gasteiger partial charge in [-0.3, -0.25) is 0 Å². The maximum atomic E-state index is 10.5. The third kappa shape index (κ3) is 5.69. The highest BCUT2D eigenvalue weighted by Gasteiger charge is 2.23. The first-order valence-electron chi connectivity index (χ1n) is 7.94. The molecule has 0 fully saturated rings. The van der Waals surface area contributed by atoms with Gasteiger partial charge in [0.2, 0.25) is 0 Å². The van der Waals surface area contributed by atoms with E-state index in [9.17, 15) is 5.11 Å². The molecule has 0 saturated carbocycles. The van der Waals surface area contributed by atoms with E-state index in [0.717, 1.165) is 30.3 Å². The first-order chi connectivity index (χ1) is 11.1. The Morgan fingerprint density at radius 1 is 1.17 bits per heavy atom. The van der Waals surface area contributed by atoms with Gasteiger partial charge in [0.05, 0.1) is 6.54 Å². The highest BCUT2D eigenvalue weighted by Crippen LogP contribution is 2.25. The van der Waals surface area contributed by atoms with Crippen molar-refractivity contribution in [2.45, 2.75) is 25.9 Å². The Hall–Kier alpha value is -1.85. The van der Waals surface area contributed by atoms with Gasteiger partial charge >= 0.3 is 0 Å². The van der Waals surface area contributed by atoms with Crippen LogP contribution >= 0.6 is 11.3 Å². The summed E-state index contributed by atoms with van der Waals surface area (Å²) in [6.45, 7) is 5.76. The van der Waals surface area contributed by atoms with E-state index in [1.54, 1.807) is 18.3 Å². The van der Waals surface area contributed by atoms with E-state index in [-0.39, 0.29) is 0 Å². The van der Waals surface area contributed by atoms with Crippen LogP contribution in [0.25, 0.3) is 0 Å². The molecule has 0 aliphatic rings. The Morgan fingerprint density at radius 2 is 1.96 bits per heavy atom. The van der Waals surface area contributed by atoms with E-state index in [2.05, 4.69) is 27.8 Å². The van der Waals surface area contributed by atoms with Gasteiger partial charge in [0.25, 0.3) is 0 Å². The zero-order chi connectivity index (χ0) is 16.5. The second-order valence-electron chi connectivity index (χ2n) is 5.61. The van der Waals surface area contributed by atoms with Crippen molar-refractivity contribution < 1.29 is 5.11 Å². The summed E-state index contributed by atoms with van der Waals surface area (Å²) in [7, 11) is 0. The summed E-state index contributed by atoms with van der Waals surface area (Å²) in [5, 5.41) is 19.0. The average Bonchev–Trinajstić information content (AvgIpc) is 3.09. The maximum Gasteiger partial charge on any atom is 0.191 e. The van der Waals surface area contributed by atoms with Gasteiger partial charge in [0.1, 0.15) is 5.60 Å². The van der Waals surface area contributed by atoms with Crippen molar-refractivity contribution in [1.82, 2.24) is 10.6 Å². The number of nitrogens with one attached hydrogen (secondary N) is 2. The minimum atomic E-state index is -0.935. The Kier molecular flexibility index (Phi) is 6.62. The number of hydrogen-bond donors (Lipinski definition) is 3. The van der Waals surface area contributed by atoms with Crippen LogP contribution in [-0.2, 0) is 12.0 Å². The van der Waals surface area contributed by atoms with E-state index < -0.39 is 5.60 Å². The Morgan fingerprint density at radius 3 is 2.61 bits per heavy atom. The van der Waals surface area contributed by atoms with Crippen LogP contribution in [0.5, 0.6) is 0 Å². The molecule has 2 rings (SSSR count). The molecule has 4 nitrogen and oxygen atoms in total. The molecule has 3 N–H and O–H groups in total. The molecule has 23 heavy (non-hydrogen) atoms. The molecule has 1 heterocycles. The molecular weight excluding hydrogens is 306 g/mol. The molecule has 0 aliphatic carbocycles. The van der Waals surface area contributed by atoms with Gasteiger partial charge in [-0.25, -0.2) is 4.99 Å². The van der Waals surface area contributed by atoms with Crippen LogP contribution in [0.3, 0.4) is 0 Å². The quantitative estimate of drug-likeness (QED) is 0.540. The van der Waals surface area contributed by atoms with E-state index in [1.807, 2.05) is 42.6 Å². The summed E-state index contributed by atoms with van der Waals surface area (Å²) in [5.74, 6) is 0.736. The van der Waals surface area contributed by atoms with E-state index in [1.165, 1.54) is 5.56 Å².